The molecule has 0 aliphatic rings. The molecule has 2 atom stereocenters. The molecule has 0 aliphatic heterocycles. The molecular formula is C19H20F12O3. The second kappa shape index (κ2) is 8.73. The van der Waals surface area contributed by atoms with Crippen LogP contribution in [0.2, 0.25) is 0 Å². The third kappa shape index (κ3) is 4.23. The molecule has 0 bridgehead atoms. The summed E-state index contributed by atoms with van der Waals surface area (Å²) in [5.41, 5.74) is -20.6. The van der Waals surface area contributed by atoms with E-state index in [2.05, 4.69) is 14.2 Å². The maximum absolute atomic E-state index is 14.1. The van der Waals surface area contributed by atoms with Crippen molar-refractivity contribution in [3.63, 3.8) is 0 Å². The summed E-state index contributed by atoms with van der Waals surface area (Å²) in [6, 6.07) is 0.691. The number of halogens is 12. The molecule has 1 aromatic rings. The summed E-state index contributed by atoms with van der Waals surface area (Å²) in [6.07, 6.45) is -24.5. The van der Waals surface area contributed by atoms with Crippen molar-refractivity contribution in [2.24, 2.45) is 0 Å². The average molecular weight is 524 g/mol. The van der Waals surface area contributed by atoms with E-state index < -0.39 is 63.8 Å². The summed E-state index contributed by atoms with van der Waals surface area (Å²) in [7, 11) is 0.524. The number of hydrogen-bond donors (Lipinski definition) is 0. The van der Waals surface area contributed by atoms with Crippen LogP contribution in [0.5, 0.6) is 0 Å². The highest BCUT2D eigenvalue weighted by molar-refractivity contribution is 5.52. The van der Waals surface area contributed by atoms with Gasteiger partial charge in [0, 0.05) is 32.5 Å². The van der Waals surface area contributed by atoms with E-state index in [4.69, 9.17) is 0 Å². The Labute approximate surface area is 186 Å². The molecule has 0 aliphatic carbocycles. The lowest BCUT2D eigenvalue weighted by molar-refractivity contribution is -0.385. The highest BCUT2D eigenvalue weighted by atomic mass is 19.4. The minimum atomic E-state index is -6.59. The summed E-state index contributed by atoms with van der Waals surface area (Å²) in [5.74, 6) is 0. The van der Waals surface area contributed by atoms with Gasteiger partial charge < -0.3 is 14.2 Å². The zero-order valence-corrected chi connectivity index (χ0v) is 18.4. The Balaban J connectivity index is 4.72. The first-order valence-electron chi connectivity index (χ1n) is 9.02. The molecule has 0 saturated heterocycles. The number of alkyl halides is 12. The van der Waals surface area contributed by atoms with Gasteiger partial charge in [-0.1, -0.05) is 12.1 Å². The summed E-state index contributed by atoms with van der Waals surface area (Å²) >= 11 is 0. The molecule has 2 unspecified atom stereocenters. The SMILES string of the molecule is COC(C)(c1ccc(C)c(C(C)(OC)C(F)(F)F)c1C(OC)(C(F)(F)F)C(F)(F)F)C(F)(F)F. The molecule has 1 aromatic carbocycles. The van der Waals surface area contributed by atoms with E-state index in [0.717, 1.165) is 0 Å². The van der Waals surface area contributed by atoms with Crippen LogP contribution < -0.4 is 0 Å². The Morgan fingerprint density at radius 1 is 0.529 bits per heavy atom. The lowest BCUT2D eigenvalue weighted by Crippen LogP contribution is -2.59. The molecule has 0 saturated carbocycles. The minimum Gasteiger partial charge on any atom is -0.364 e. The summed E-state index contributed by atoms with van der Waals surface area (Å²) in [6.45, 7) is 0.861. The summed E-state index contributed by atoms with van der Waals surface area (Å²) in [5, 5.41) is 0. The first kappa shape index (κ1) is 30.3. The standard InChI is InChI=1S/C19H20F12O3/c1-9-7-8-10(13(2,32-4)16(20,21)22)12(11(9)14(3,33-5)17(23,24)25)15(34-6,18(26,27)28)19(29,30)31/h7-8H,1-6H3. The fraction of sp³-hybridized carbons (Fsp3) is 0.684. The van der Waals surface area contributed by atoms with Crippen LogP contribution in [-0.4, -0.2) is 46.0 Å². The van der Waals surface area contributed by atoms with Gasteiger partial charge in [0.25, 0.3) is 5.60 Å². The second-order valence-corrected chi connectivity index (χ2v) is 7.53. The largest absolute Gasteiger partial charge is 0.430 e. The molecule has 0 N–H and O–H groups in total. The fourth-order valence-electron chi connectivity index (χ4n) is 3.60. The van der Waals surface area contributed by atoms with Crippen LogP contribution in [0, 0.1) is 6.92 Å². The van der Waals surface area contributed by atoms with Gasteiger partial charge in [-0.2, -0.15) is 52.7 Å². The van der Waals surface area contributed by atoms with Gasteiger partial charge in [0.1, 0.15) is 0 Å². The maximum Gasteiger partial charge on any atom is 0.430 e. The first-order valence-corrected chi connectivity index (χ1v) is 9.02. The summed E-state index contributed by atoms with van der Waals surface area (Å²) < 4.78 is 181. The monoisotopic (exact) mass is 524 g/mol. The molecule has 34 heavy (non-hydrogen) atoms. The number of hydrogen-bond acceptors (Lipinski definition) is 3. The lowest BCUT2D eigenvalue weighted by Gasteiger charge is -2.45. The molecule has 198 valence electrons. The molecular weight excluding hydrogens is 504 g/mol. The van der Waals surface area contributed by atoms with Crippen molar-refractivity contribution in [3.8, 4) is 0 Å². The van der Waals surface area contributed by atoms with E-state index in [1.807, 2.05) is 0 Å². The van der Waals surface area contributed by atoms with E-state index in [-0.39, 0.29) is 27.0 Å². The van der Waals surface area contributed by atoms with Crippen molar-refractivity contribution in [1.29, 1.82) is 0 Å². The van der Waals surface area contributed by atoms with Crippen molar-refractivity contribution in [2.75, 3.05) is 21.3 Å². The maximum atomic E-state index is 14.1. The van der Waals surface area contributed by atoms with Crippen LogP contribution in [0.1, 0.15) is 36.1 Å². The van der Waals surface area contributed by atoms with E-state index in [9.17, 15) is 52.7 Å². The lowest BCUT2D eigenvalue weighted by atomic mass is 9.73. The van der Waals surface area contributed by atoms with Crippen LogP contribution in [0.3, 0.4) is 0 Å². The molecule has 1 rings (SSSR count). The highest BCUT2D eigenvalue weighted by Crippen LogP contribution is 2.60. The predicted octanol–water partition coefficient (Wildman–Crippen LogP) is 6.81. The fourth-order valence-corrected chi connectivity index (χ4v) is 3.60. The van der Waals surface area contributed by atoms with E-state index in [0.29, 0.717) is 27.2 Å². The van der Waals surface area contributed by atoms with E-state index in [1.165, 1.54) is 0 Å². The normalized spacial score (nSPS) is 17.9. The second-order valence-electron chi connectivity index (χ2n) is 7.53. The molecule has 0 heterocycles. The predicted molar refractivity (Wildman–Crippen MR) is 92.8 cm³/mol. The Hall–Kier alpha value is -1.74. The van der Waals surface area contributed by atoms with Crippen LogP contribution >= 0.6 is 0 Å². The number of methoxy groups -OCH3 is 3. The van der Waals surface area contributed by atoms with Gasteiger partial charge in [-0.05, 0) is 31.9 Å². The van der Waals surface area contributed by atoms with Crippen molar-refractivity contribution in [2.45, 2.75) is 62.3 Å². The molecule has 15 heteroatoms. The Bertz CT molecular complexity index is 871. The van der Waals surface area contributed by atoms with Crippen LogP contribution in [0.4, 0.5) is 52.7 Å². The van der Waals surface area contributed by atoms with Crippen molar-refractivity contribution >= 4 is 0 Å². The first-order chi connectivity index (χ1) is 14.9. The van der Waals surface area contributed by atoms with Gasteiger partial charge in [0.05, 0.1) is 0 Å². The zero-order valence-electron chi connectivity index (χ0n) is 18.4. The van der Waals surface area contributed by atoms with Gasteiger partial charge in [0.2, 0.25) is 0 Å². The molecule has 0 radical (unpaired) electrons. The van der Waals surface area contributed by atoms with E-state index >= 15 is 0 Å². The topological polar surface area (TPSA) is 27.7 Å². The molecule has 0 amide bonds. The number of benzene rings is 1. The van der Waals surface area contributed by atoms with Crippen LogP contribution in [0.25, 0.3) is 0 Å². The Kier molecular flexibility index (Phi) is 7.78. The van der Waals surface area contributed by atoms with Crippen LogP contribution in [-0.2, 0) is 31.0 Å². The van der Waals surface area contributed by atoms with Crippen molar-refractivity contribution in [3.05, 3.63) is 34.4 Å². The molecule has 0 aromatic heterocycles. The average Bonchev–Trinajstić information content (AvgIpc) is 2.63. The quantitative estimate of drug-likeness (QED) is 0.383. The van der Waals surface area contributed by atoms with Gasteiger partial charge in [-0.25, -0.2) is 0 Å². The van der Waals surface area contributed by atoms with Gasteiger partial charge in [-0.15, -0.1) is 0 Å². The number of ether oxygens (including phenoxy) is 3. The Morgan fingerprint density at radius 3 is 1.18 bits per heavy atom. The molecule has 0 spiro atoms. The van der Waals surface area contributed by atoms with Gasteiger partial charge >= 0.3 is 24.7 Å². The van der Waals surface area contributed by atoms with Gasteiger partial charge in [-0.3, -0.25) is 0 Å². The van der Waals surface area contributed by atoms with Crippen LogP contribution in [0.15, 0.2) is 12.1 Å². The van der Waals surface area contributed by atoms with Gasteiger partial charge in [0.15, 0.2) is 11.2 Å². The summed E-state index contributed by atoms with van der Waals surface area (Å²) in [4.78, 5) is 0. The highest BCUT2D eigenvalue weighted by Gasteiger charge is 2.76. The third-order valence-corrected chi connectivity index (χ3v) is 5.76. The number of aryl methyl sites for hydroxylation is 1. The molecule has 0 fully saturated rings. The third-order valence-electron chi connectivity index (χ3n) is 5.76. The smallest absolute Gasteiger partial charge is 0.364 e. The van der Waals surface area contributed by atoms with Crippen molar-refractivity contribution in [1.82, 2.24) is 0 Å². The molecule has 3 nitrogen and oxygen atoms in total. The van der Waals surface area contributed by atoms with E-state index in [1.54, 1.807) is 0 Å². The van der Waals surface area contributed by atoms with Crippen molar-refractivity contribution < 1.29 is 66.9 Å². The minimum absolute atomic E-state index is 0.0792. The zero-order chi connectivity index (χ0) is 27.3. The number of rotatable bonds is 6. The Morgan fingerprint density at radius 2 is 0.912 bits per heavy atom.